The Morgan fingerprint density at radius 1 is 1.13 bits per heavy atom. The second-order valence-electron chi connectivity index (χ2n) is 7.15. The quantitative estimate of drug-likeness (QED) is 0.672. The van der Waals surface area contributed by atoms with Crippen molar-refractivity contribution in [3.63, 3.8) is 0 Å². The lowest BCUT2D eigenvalue weighted by molar-refractivity contribution is 0.0697. The topological polar surface area (TPSA) is 71.4 Å². The normalized spacial score (nSPS) is 16.5. The number of carboxylic acid groups (broad SMARTS) is 1. The van der Waals surface area contributed by atoms with Gasteiger partial charge in [-0.05, 0) is 43.5 Å². The summed E-state index contributed by atoms with van der Waals surface area (Å²) in [5.41, 5.74) is 5.24. The molecule has 0 aliphatic carbocycles. The molecule has 0 spiro atoms. The van der Waals surface area contributed by atoms with E-state index in [0.29, 0.717) is 5.90 Å². The third kappa shape index (κ3) is 4.24. The van der Waals surface area contributed by atoms with Crippen molar-refractivity contribution in [3.05, 3.63) is 65.4 Å². The second kappa shape index (κ2) is 9.59. The molecule has 1 aliphatic rings. The predicted molar refractivity (Wildman–Crippen MR) is 119 cm³/mol. The van der Waals surface area contributed by atoms with Gasteiger partial charge in [-0.1, -0.05) is 43.7 Å². The van der Waals surface area contributed by atoms with E-state index in [0.717, 1.165) is 47.3 Å². The summed E-state index contributed by atoms with van der Waals surface area (Å²) in [6.07, 6.45) is 2.43. The van der Waals surface area contributed by atoms with E-state index in [1.165, 1.54) is 0 Å². The van der Waals surface area contributed by atoms with E-state index >= 15 is 0 Å². The Balaban J connectivity index is 2.13. The van der Waals surface area contributed by atoms with E-state index in [2.05, 4.69) is 16.8 Å². The van der Waals surface area contributed by atoms with E-state index in [-0.39, 0.29) is 5.56 Å². The van der Waals surface area contributed by atoms with Gasteiger partial charge in [-0.25, -0.2) is 4.79 Å². The highest BCUT2D eigenvalue weighted by Gasteiger charge is 2.31. The molecule has 0 saturated heterocycles. The zero-order valence-electron chi connectivity index (χ0n) is 17.9. The third-order valence-corrected chi connectivity index (χ3v) is 5.27. The number of ether oxygens (including phenoxy) is 2. The lowest BCUT2D eigenvalue weighted by atomic mass is 9.99. The maximum Gasteiger partial charge on any atom is 0.335 e. The van der Waals surface area contributed by atoms with Gasteiger partial charge in [0, 0.05) is 23.9 Å². The van der Waals surface area contributed by atoms with Crippen LogP contribution >= 0.6 is 0 Å². The molecular formula is C24H28N2O4. The Labute approximate surface area is 177 Å². The van der Waals surface area contributed by atoms with Gasteiger partial charge in [0.2, 0.25) is 12.2 Å². The fourth-order valence-corrected chi connectivity index (χ4v) is 3.69. The molecule has 0 amide bonds. The summed E-state index contributed by atoms with van der Waals surface area (Å²) in [5, 5.41) is 9.21. The van der Waals surface area contributed by atoms with Crippen molar-refractivity contribution in [2.45, 2.75) is 39.5 Å². The average molecular weight is 408 g/mol. The number of carboxylic acids is 1. The number of para-hydroxylation sites is 1. The zero-order valence-corrected chi connectivity index (χ0v) is 17.9. The van der Waals surface area contributed by atoms with Crippen LogP contribution in [0.5, 0.6) is 0 Å². The van der Waals surface area contributed by atoms with Crippen molar-refractivity contribution in [1.29, 1.82) is 0 Å². The number of rotatable bonds is 7. The Hall–Kier alpha value is -3.12. The molecule has 1 aliphatic heterocycles. The monoisotopic (exact) mass is 408 g/mol. The first-order valence-corrected chi connectivity index (χ1v) is 10.1. The number of allylic oxidation sites excluding steroid dienone is 1. The molecular weight excluding hydrogens is 380 g/mol. The van der Waals surface area contributed by atoms with Crippen LogP contribution in [0.1, 0.15) is 43.5 Å². The number of unbranched alkanes of at least 4 members (excludes halogenated alkanes) is 1. The summed E-state index contributed by atoms with van der Waals surface area (Å²) < 4.78 is 11.2. The molecule has 30 heavy (non-hydrogen) atoms. The van der Waals surface area contributed by atoms with Crippen molar-refractivity contribution in [2.75, 3.05) is 19.1 Å². The molecule has 2 aromatic rings. The van der Waals surface area contributed by atoms with E-state index < -0.39 is 12.3 Å². The predicted octanol–water partition coefficient (Wildman–Crippen LogP) is 5.31. The molecule has 0 saturated carbocycles. The maximum absolute atomic E-state index is 11.2. The largest absolute Gasteiger partial charge is 0.481 e. The van der Waals surface area contributed by atoms with E-state index in [4.69, 9.17) is 9.47 Å². The molecule has 158 valence electrons. The zero-order chi connectivity index (χ0) is 21.7. The lowest BCUT2D eigenvalue weighted by Crippen LogP contribution is -2.40. The molecule has 3 rings (SSSR count). The summed E-state index contributed by atoms with van der Waals surface area (Å²) in [4.78, 5) is 18.0. The highest BCUT2D eigenvalue weighted by atomic mass is 16.5. The maximum atomic E-state index is 11.2. The number of methoxy groups -OCH3 is 2. The number of benzene rings is 2. The third-order valence-electron chi connectivity index (χ3n) is 5.27. The number of hydrogen-bond acceptors (Lipinski definition) is 5. The van der Waals surface area contributed by atoms with Crippen molar-refractivity contribution in [1.82, 2.24) is 0 Å². The van der Waals surface area contributed by atoms with Gasteiger partial charge in [0.1, 0.15) is 0 Å². The van der Waals surface area contributed by atoms with Crippen molar-refractivity contribution in [3.8, 4) is 11.1 Å². The van der Waals surface area contributed by atoms with Crippen LogP contribution in [0.4, 0.5) is 5.69 Å². The highest BCUT2D eigenvalue weighted by Crippen LogP contribution is 2.38. The standard InChI is InChI=1S/C24H28N2O4/c1-5-6-10-20-16(2)22(29-3)25-24(30-4)26(20)21-11-8-7-9-19(21)17-12-14-18(15-13-17)23(27)28/h7-9,11-15,24H,5-6,10H2,1-4H3,(H,27,28). The lowest BCUT2D eigenvalue weighted by Gasteiger charge is -2.37. The average Bonchev–Trinajstić information content (AvgIpc) is 2.78. The minimum absolute atomic E-state index is 0.262. The van der Waals surface area contributed by atoms with Gasteiger partial charge in [0.05, 0.1) is 18.4 Å². The molecule has 0 bridgehead atoms. The SMILES string of the molecule is CCCCC1=C(C)C(OC)=NC(OC)N1c1ccccc1-c1ccc(C(=O)O)cc1. The van der Waals surface area contributed by atoms with Crippen molar-refractivity contribution in [2.24, 2.45) is 4.99 Å². The molecule has 6 nitrogen and oxygen atoms in total. The van der Waals surface area contributed by atoms with Crippen LogP contribution in [0.2, 0.25) is 0 Å². The van der Waals surface area contributed by atoms with Crippen LogP contribution in [-0.2, 0) is 9.47 Å². The van der Waals surface area contributed by atoms with Gasteiger partial charge in [0.25, 0.3) is 0 Å². The fraction of sp³-hybridized carbons (Fsp3) is 0.333. The van der Waals surface area contributed by atoms with Crippen molar-refractivity contribution >= 4 is 17.6 Å². The van der Waals surface area contributed by atoms with Crippen LogP contribution in [0.3, 0.4) is 0 Å². The van der Waals surface area contributed by atoms with Gasteiger partial charge in [-0.2, -0.15) is 4.99 Å². The molecule has 0 radical (unpaired) electrons. The van der Waals surface area contributed by atoms with Crippen LogP contribution < -0.4 is 4.90 Å². The summed E-state index contributed by atoms with van der Waals surface area (Å²) in [6, 6.07) is 14.9. The Morgan fingerprint density at radius 2 is 1.83 bits per heavy atom. The van der Waals surface area contributed by atoms with E-state index in [1.54, 1.807) is 26.4 Å². The molecule has 0 aromatic heterocycles. The van der Waals surface area contributed by atoms with E-state index in [1.807, 2.05) is 43.3 Å². The number of carbonyl (C=O) groups is 1. The van der Waals surface area contributed by atoms with Crippen LogP contribution in [0, 0.1) is 0 Å². The molecule has 6 heteroatoms. The molecule has 0 fully saturated rings. The molecule has 1 N–H and O–H groups in total. The van der Waals surface area contributed by atoms with Gasteiger partial charge < -0.3 is 14.6 Å². The number of aromatic carboxylic acids is 1. The minimum atomic E-state index is -0.938. The number of nitrogens with zero attached hydrogens (tertiary/aromatic N) is 2. The first-order valence-electron chi connectivity index (χ1n) is 10.1. The molecule has 1 heterocycles. The summed E-state index contributed by atoms with van der Waals surface area (Å²) in [6.45, 7) is 4.19. The van der Waals surface area contributed by atoms with Gasteiger partial charge in [-0.15, -0.1) is 0 Å². The van der Waals surface area contributed by atoms with E-state index in [9.17, 15) is 9.90 Å². The van der Waals surface area contributed by atoms with Crippen LogP contribution in [-0.4, -0.2) is 37.5 Å². The Morgan fingerprint density at radius 3 is 2.43 bits per heavy atom. The first kappa shape index (κ1) is 21.6. The first-order chi connectivity index (χ1) is 14.5. The molecule has 1 atom stereocenters. The summed E-state index contributed by atoms with van der Waals surface area (Å²) >= 11 is 0. The second-order valence-corrected chi connectivity index (χ2v) is 7.15. The highest BCUT2D eigenvalue weighted by molar-refractivity contribution is 5.96. The smallest absolute Gasteiger partial charge is 0.335 e. The molecule has 2 aromatic carbocycles. The Kier molecular flexibility index (Phi) is 6.90. The minimum Gasteiger partial charge on any atom is -0.481 e. The Bertz CT molecular complexity index is 963. The number of anilines is 1. The summed E-state index contributed by atoms with van der Waals surface area (Å²) in [7, 11) is 3.26. The number of aliphatic imine (C=N–C) groups is 1. The van der Waals surface area contributed by atoms with Gasteiger partial charge in [-0.3, -0.25) is 4.90 Å². The summed E-state index contributed by atoms with van der Waals surface area (Å²) in [5.74, 6) is -0.348. The fourth-order valence-electron chi connectivity index (χ4n) is 3.69. The van der Waals surface area contributed by atoms with Gasteiger partial charge >= 0.3 is 5.97 Å². The van der Waals surface area contributed by atoms with Crippen molar-refractivity contribution < 1.29 is 19.4 Å². The van der Waals surface area contributed by atoms with Crippen LogP contribution in [0.15, 0.2) is 64.8 Å². The molecule has 1 unspecified atom stereocenters. The van der Waals surface area contributed by atoms with Crippen LogP contribution in [0.25, 0.3) is 11.1 Å². The number of hydrogen-bond donors (Lipinski definition) is 1. The van der Waals surface area contributed by atoms with Gasteiger partial charge in [0.15, 0.2) is 0 Å².